The maximum absolute atomic E-state index is 3.48. The molecule has 2 aromatic heterocycles. The molecule has 0 bridgehead atoms. The second kappa shape index (κ2) is 4.34. The SMILES string of the molecule is CC(C)c1[c]n2ccccc2c1-c1ccccc1. The van der Waals surface area contributed by atoms with E-state index in [2.05, 4.69) is 73.1 Å². The summed E-state index contributed by atoms with van der Waals surface area (Å²) in [6, 6.07) is 16.9. The van der Waals surface area contributed by atoms with E-state index in [9.17, 15) is 0 Å². The zero-order chi connectivity index (χ0) is 12.5. The normalized spacial score (nSPS) is 11.3. The van der Waals surface area contributed by atoms with E-state index in [1.165, 1.54) is 22.2 Å². The van der Waals surface area contributed by atoms with Crippen LogP contribution in [0.3, 0.4) is 0 Å². The summed E-state index contributed by atoms with van der Waals surface area (Å²) < 4.78 is 2.09. The van der Waals surface area contributed by atoms with Crippen LogP contribution in [0.25, 0.3) is 16.6 Å². The lowest BCUT2D eigenvalue weighted by Gasteiger charge is -2.07. The lowest BCUT2D eigenvalue weighted by atomic mass is 9.96. The molecule has 0 N–H and O–H groups in total. The third-order valence-corrected chi connectivity index (χ3v) is 3.27. The molecule has 1 nitrogen and oxygen atoms in total. The molecule has 0 saturated heterocycles. The smallest absolute Gasteiger partial charge is 0.0742 e. The first-order valence-electron chi connectivity index (χ1n) is 6.35. The van der Waals surface area contributed by atoms with E-state index in [0.717, 1.165) is 0 Å². The Hall–Kier alpha value is -2.02. The van der Waals surface area contributed by atoms with Crippen molar-refractivity contribution >= 4 is 5.52 Å². The quantitative estimate of drug-likeness (QED) is 0.613. The summed E-state index contributed by atoms with van der Waals surface area (Å²) in [4.78, 5) is 0. The van der Waals surface area contributed by atoms with Gasteiger partial charge in [-0.1, -0.05) is 50.2 Å². The van der Waals surface area contributed by atoms with Gasteiger partial charge in [0, 0.05) is 11.8 Å². The van der Waals surface area contributed by atoms with Crippen molar-refractivity contribution in [1.29, 1.82) is 0 Å². The molecule has 0 atom stereocenters. The lowest BCUT2D eigenvalue weighted by molar-refractivity contribution is 0.865. The van der Waals surface area contributed by atoms with Gasteiger partial charge in [0.15, 0.2) is 0 Å². The van der Waals surface area contributed by atoms with Crippen molar-refractivity contribution in [1.82, 2.24) is 4.40 Å². The van der Waals surface area contributed by atoms with E-state index < -0.39 is 0 Å². The van der Waals surface area contributed by atoms with E-state index in [1.54, 1.807) is 0 Å². The molecule has 3 rings (SSSR count). The molecule has 0 amide bonds. The molecule has 0 aliphatic heterocycles. The summed E-state index contributed by atoms with van der Waals surface area (Å²) in [5, 5.41) is 0. The van der Waals surface area contributed by atoms with Crippen molar-refractivity contribution in [3.63, 3.8) is 0 Å². The molecule has 0 spiro atoms. The summed E-state index contributed by atoms with van der Waals surface area (Å²) >= 11 is 0. The molecular formula is C17H16N. The molecule has 1 heteroatoms. The van der Waals surface area contributed by atoms with Crippen LogP contribution in [0, 0.1) is 6.20 Å². The van der Waals surface area contributed by atoms with Crippen molar-refractivity contribution in [2.45, 2.75) is 19.8 Å². The number of nitrogens with zero attached hydrogens (tertiary/aromatic N) is 1. The van der Waals surface area contributed by atoms with Crippen LogP contribution in [0.15, 0.2) is 54.7 Å². The Morgan fingerprint density at radius 1 is 0.944 bits per heavy atom. The summed E-state index contributed by atoms with van der Waals surface area (Å²) in [5.41, 5.74) is 5.09. The minimum atomic E-state index is 0.472. The van der Waals surface area contributed by atoms with Gasteiger partial charge in [-0.3, -0.25) is 0 Å². The number of hydrogen-bond acceptors (Lipinski definition) is 0. The van der Waals surface area contributed by atoms with Crippen LogP contribution in [0.4, 0.5) is 0 Å². The molecule has 2 heterocycles. The Morgan fingerprint density at radius 2 is 1.67 bits per heavy atom. The van der Waals surface area contributed by atoms with Crippen molar-refractivity contribution in [2.75, 3.05) is 0 Å². The second-order valence-corrected chi connectivity index (χ2v) is 4.88. The molecule has 0 saturated carbocycles. The predicted molar refractivity (Wildman–Crippen MR) is 75.8 cm³/mol. The van der Waals surface area contributed by atoms with E-state index >= 15 is 0 Å². The second-order valence-electron chi connectivity index (χ2n) is 4.88. The van der Waals surface area contributed by atoms with Crippen LogP contribution < -0.4 is 0 Å². The third kappa shape index (κ3) is 1.72. The van der Waals surface area contributed by atoms with Crippen LogP contribution in [-0.2, 0) is 0 Å². The number of fused-ring (bicyclic) bond motifs is 1. The highest BCUT2D eigenvalue weighted by Crippen LogP contribution is 2.33. The van der Waals surface area contributed by atoms with E-state index in [1.807, 2.05) is 6.07 Å². The molecule has 3 aromatic rings. The van der Waals surface area contributed by atoms with Crippen LogP contribution in [0.2, 0.25) is 0 Å². The summed E-state index contributed by atoms with van der Waals surface area (Å²) in [5.74, 6) is 0.472. The zero-order valence-corrected chi connectivity index (χ0v) is 10.7. The molecule has 89 valence electrons. The molecule has 0 aliphatic rings. The molecule has 1 radical (unpaired) electrons. The van der Waals surface area contributed by atoms with E-state index in [0.29, 0.717) is 5.92 Å². The highest BCUT2D eigenvalue weighted by atomic mass is 14.9. The van der Waals surface area contributed by atoms with Gasteiger partial charge in [-0.2, -0.15) is 0 Å². The number of rotatable bonds is 2. The standard InChI is InChI=1S/C17H16N/c1-13(2)15-12-18-11-7-6-10-16(18)17(15)14-8-4-3-5-9-14/h3-11,13H,1-2H3. The maximum atomic E-state index is 3.48. The van der Waals surface area contributed by atoms with Gasteiger partial charge >= 0.3 is 0 Å². The molecule has 0 aliphatic carbocycles. The van der Waals surface area contributed by atoms with Gasteiger partial charge in [0.05, 0.1) is 11.7 Å². The Morgan fingerprint density at radius 3 is 2.39 bits per heavy atom. The average Bonchev–Trinajstić information content (AvgIpc) is 2.79. The third-order valence-electron chi connectivity index (χ3n) is 3.27. The first kappa shape index (κ1) is 11.1. The summed E-state index contributed by atoms with van der Waals surface area (Å²) in [6.45, 7) is 4.44. The number of benzene rings is 1. The van der Waals surface area contributed by atoms with Gasteiger partial charge in [-0.25, -0.2) is 0 Å². The van der Waals surface area contributed by atoms with Crippen molar-refractivity contribution in [2.24, 2.45) is 0 Å². The fourth-order valence-electron chi connectivity index (χ4n) is 2.39. The molecule has 18 heavy (non-hydrogen) atoms. The number of hydrogen-bond donors (Lipinski definition) is 0. The van der Waals surface area contributed by atoms with Gasteiger partial charge in [-0.05, 0) is 29.2 Å². The highest BCUT2D eigenvalue weighted by molar-refractivity contribution is 5.84. The van der Waals surface area contributed by atoms with Gasteiger partial charge in [0.2, 0.25) is 0 Å². The predicted octanol–water partition coefficient (Wildman–Crippen LogP) is 4.53. The molecule has 0 fully saturated rings. The van der Waals surface area contributed by atoms with Gasteiger partial charge < -0.3 is 4.40 Å². The van der Waals surface area contributed by atoms with Gasteiger partial charge in [-0.15, -0.1) is 0 Å². The van der Waals surface area contributed by atoms with Gasteiger partial charge in [0.25, 0.3) is 0 Å². The Bertz CT molecular complexity index is 662. The topological polar surface area (TPSA) is 4.41 Å². The molecule has 0 unspecified atom stereocenters. The average molecular weight is 234 g/mol. The van der Waals surface area contributed by atoms with Crippen LogP contribution in [0.5, 0.6) is 0 Å². The highest BCUT2D eigenvalue weighted by Gasteiger charge is 2.14. The summed E-state index contributed by atoms with van der Waals surface area (Å²) in [6.07, 6.45) is 5.54. The minimum Gasteiger partial charge on any atom is -0.314 e. The minimum absolute atomic E-state index is 0.472. The first-order valence-corrected chi connectivity index (χ1v) is 6.35. The van der Waals surface area contributed by atoms with Gasteiger partial charge in [0.1, 0.15) is 0 Å². The Kier molecular flexibility index (Phi) is 2.67. The van der Waals surface area contributed by atoms with Crippen LogP contribution in [-0.4, -0.2) is 4.40 Å². The van der Waals surface area contributed by atoms with E-state index in [4.69, 9.17) is 0 Å². The van der Waals surface area contributed by atoms with Crippen LogP contribution in [0.1, 0.15) is 25.3 Å². The van der Waals surface area contributed by atoms with Crippen molar-refractivity contribution in [3.05, 3.63) is 66.5 Å². The fraction of sp³-hybridized carbons (Fsp3) is 0.176. The maximum Gasteiger partial charge on any atom is 0.0742 e. The fourth-order valence-corrected chi connectivity index (χ4v) is 2.39. The lowest BCUT2D eigenvalue weighted by Crippen LogP contribution is -1.87. The number of pyridine rings is 1. The van der Waals surface area contributed by atoms with Crippen LogP contribution >= 0.6 is 0 Å². The largest absolute Gasteiger partial charge is 0.314 e. The molecule has 1 aromatic carbocycles. The summed E-state index contributed by atoms with van der Waals surface area (Å²) in [7, 11) is 0. The Labute approximate surface area is 108 Å². The molecular weight excluding hydrogens is 218 g/mol. The van der Waals surface area contributed by atoms with Crippen molar-refractivity contribution < 1.29 is 0 Å². The zero-order valence-electron chi connectivity index (χ0n) is 10.7. The monoisotopic (exact) mass is 234 g/mol. The van der Waals surface area contributed by atoms with E-state index in [-0.39, 0.29) is 0 Å². The Balaban J connectivity index is 2.35. The van der Waals surface area contributed by atoms with Crippen molar-refractivity contribution in [3.8, 4) is 11.1 Å². The number of aromatic nitrogens is 1. The first-order chi connectivity index (χ1) is 8.77.